The van der Waals surface area contributed by atoms with E-state index < -0.39 is 0 Å². The number of Topliss-reactive ketones (excluding diaryl/α,β-unsaturated/α-hetero) is 1. The molecular formula is C29H37BrN4O2. The molecule has 1 aliphatic heterocycles. The third-order valence-corrected chi connectivity index (χ3v) is 7.15. The van der Waals surface area contributed by atoms with Crippen molar-refractivity contribution in [3.8, 4) is 5.88 Å². The average molecular weight is 554 g/mol. The lowest BCUT2D eigenvalue weighted by atomic mass is 9.82. The van der Waals surface area contributed by atoms with Gasteiger partial charge in [0, 0.05) is 42.7 Å². The Hall–Kier alpha value is -2.67. The van der Waals surface area contributed by atoms with E-state index in [1.807, 2.05) is 13.1 Å². The van der Waals surface area contributed by atoms with Gasteiger partial charge in [0.25, 0.3) is 0 Å². The van der Waals surface area contributed by atoms with E-state index in [1.54, 1.807) is 11.6 Å². The molecule has 1 atom stereocenters. The first-order valence-electron chi connectivity index (χ1n) is 12.8. The maximum atomic E-state index is 12.1. The number of halogens is 1. The molecule has 0 bridgehead atoms. The highest BCUT2D eigenvalue weighted by atomic mass is 79.9. The minimum atomic E-state index is 0.0221. The summed E-state index contributed by atoms with van der Waals surface area (Å²) >= 11 is 3.68. The number of hydrogen-bond donors (Lipinski definition) is 1. The lowest BCUT2D eigenvalue weighted by Crippen LogP contribution is -2.14. The second-order valence-electron chi connectivity index (χ2n) is 10.9. The Balaban J connectivity index is 1.44. The molecule has 3 heterocycles. The summed E-state index contributed by atoms with van der Waals surface area (Å²) in [6.07, 6.45) is 4.13. The summed E-state index contributed by atoms with van der Waals surface area (Å²) in [4.78, 5) is 16.9. The molecule has 0 saturated carbocycles. The first-order chi connectivity index (χ1) is 17.1. The zero-order chi connectivity index (χ0) is 25.9. The maximum absolute atomic E-state index is 12.1. The SMILES string of the molecule is CC(=O)CC(Cc1cc(OCCc2ccc3c(n2)NCCC3)n(C)n1)c1cc(Br)cc(C(C)(C)C)c1. The molecule has 0 spiro atoms. The van der Waals surface area contributed by atoms with Crippen LogP contribution in [0.5, 0.6) is 5.88 Å². The van der Waals surface area contributed by atoms with Crippen LogP contribution >= 0.6 is 15.9 Å². The molecule has 2 aromatic heterocycles. The molecule has 7 heteroatoms. The number of aromatic nitrogens is 3. The first kappa shape index (κ1) is 26.4. The van der Waals surface area contributed by atoms with Gasteiger partial charge in [0.05, 0.1) is 12.3 Å². The van der Waals surface area contributed by atoms with Crippen LogP contribution in [0.15, 0.2) is 40.9 Å². The molecule has 4 rings (SSSR count). The first-order valence-corrected chi connectivity index (χ1v) is 13.6. The molecule has 0 saturated heterocycles. The van der Waals surface area contributed by atoms with Gasteiger partial charge in [0.2, 0.25) is 5.88 Å². The van der Waals surface area contributed by atoms with E-state index in [9.17, 15) is 4.79 Å². The molecule has 6 nitrogen and oxygen atoms in total. The minimum absolute atomic E-state index is 0.0221. The van der Waals surface area contributed by atoms with Gasteiger partial charge in [-0.15, -0.1) is 0 Å². The second-order valence-corrected chi connectivity index (χ2v) is 11.8. The quantitative estimate of drug-likeness (QED) is 0.344. The van der Waals surface area contributed by atoms with Crippen LogP contribution in [0.3, 0.4) is 0 Å². The Morgan fingerprint density at radius 3 is 2.75 bits per heavy atom. The Morgan fingerprint density at radius 1 is 1.19 bits per heavy atom. The van der Waals surface area contributed by atoms with Gasteiger partial charge in [0.15, 0.2) is 0 Å². The van der Waals surface area contributed by atoms with Crippen LogP contribution in [0.2, 0.25) is 0 Å². The van der Waals surface area contributed by atoms with E-state index >= 15 is 0 Å². The van der Waals surface area contributed by atoms with Crippen molar-refractivity contribution < 1.29 is 9.53 Å². The lowest BCUT2D eigenvalue weighted by molar-refractivity contribution is -0.117. The Morgan fingerprint density at radius 2 is 2.00 bits per heavy atom. The largest absolute Gasteiger partial charge is 0.477 e. The van der Waals surface area contributed by atoms with Crippen LogP contribution in [0.4, 0.5) is 5.82 Å². The number of pyridine rings is 1. The highest BCUT2D eigenvalue weighted by Gasteiger charge is 2.22. The molecule has 0 aliphatic carbocycles. The van der Waals surface area contributed by atoms with Crippen molar-refractivity contribution in [3.63, 3.8) is 0 Å². The Labute approximate surface area is 223 Å². The van der Waals surface area contributed by atoms with Crippen molar-refractivity contribution in [3.05, 3.63) is 68.9 Å². The van der Waals surface area contributed by atoms with Crippen molar-refractivity contribution in [2.45, 2.75) is 71.1 Å². The topological polar surface area (TPSA) is 69.0 Å². The molecule has 0 fully saturated rings. The number of ether oxygens (including phenoxy) is 1. The summed E-state index contributed by atoms with van der Waals surface area (Å²) in [5, 5.41) is 8.09. The zero-order valence-electron chi connectivity index (χ0n) is 22.0. The van der Waals surface area contributed by atoms with Crippen molar-refractivity contribution >= 4 is 27.5 Å². The van der Waals surface area contributed by atoms with Crippen LogP contribution < -0.4 is 10.1 Å². The highest BCUT2D eigenvalue weighted by molar-refractivity contribution is 9.10. The van der Waals surface area contributed by atoms with E-state index in [2.05, 4.69) is 72.3 Å². The number of benzene rings is 1. The number of hydrogen-bond acceptors (Lipinski definition) is 5. The second kappa shape index (κ2) is 11.2. The normalized spacial score (nSPS) is 14.2. The Bertz CT molecular complexity index is 1230. The summed E-state index contributed by atoms with van der Waals surface area (Å²) in [5.41, 5.74) is 5.67. The van der Waals surface area contributed by atoms with Crippen LogP contribution in [0.25, 0.3) is 0 Å². The summed E-state index contributed by atoms with van der Waals surface area (Å²) in [6.45, 7) is 9.79. The molecule has 0 amide bonds. The van der Waals surface area contributed by atoms with E-state index in [0.717, 1.165) is 58.9 Å². The molecule has 36 heavy (non-hydrogen) atoms. The van der Waals surface area contributed by atoms with Crippen LogP contribution in [0, 0.1) is 0 Å². The van der Waals surface area contributed by atoms with E-state index in [-0.39, 0.29) is 17.1 Å². The van der Waals surface area contributed by atoms with E-state index in [4.69, 9.17) is 14.8 Å². The maximum Gasteiger partial charge on any atom is 0.211 e. The molecule has 1 aliphatic rings. The average Bonchev–Trinajstić information content (AvgIpc) is 3.16. The van der Waals surface area contributed by atoms with Crippen molar-refractivity contribution in [2.24, 2.45) is 7.05 Å². The Kier molecular flexibility index (Phi) is 8.18. The monoisotopic (exact) mass is 552 g/mol. The summed E-state index contributed by atoms with van der Waals surface area (Å²) in [7, 11) is 1.90. The van der Waals surface area contributed by atoms with Gasteiger partial charge in [-0.1, -0.05) is 48.8 Å². The summed E-state index contributed by atoms with van der Waals surface area (Å²) in [6, 6.07) is 12.8. The molecular weight excluding hydrogens is 516 g/mol. The van der Waals surface area contributed by atoms with Crippen molar-refractivity contribution in [1.82, 2.24) is 14.8 Å². The number of aryl methyl sites for hydroxylation is 2. The van der Waals surface area contributed by atoms with Gasteiger partial charge < -0.3 is 14.8 Å². The molecule has 1 unspecified atom stereocenters. The number of carbonyl (C=O) groups excluding carboxylic acids is 1. The van der Waals surface area contributed by atoms with Gasteiger partial charge in [-0.05, 0) is 72.4 Å². The standard InChI is InChI=1S/C29H37BrN4O2/c1-19(35)13-21(22-14-23(29(2,3)4)17-24(30)15-22)16-26-18-27(34(5)33-26)36-12-10-25-9-8-20-7-6-11-31-28(20)32-25/h8-9,14-15,17-18,21H,6-7,10-13,16H2,1-5H3,(H,31,32). The van der Waals surface area contributed by atoms with Crippen LogP contribution in [-0.2, 0) is 36.5 Å². The fourth-order valence-electron chi connectivity index (χ4n) is 4.70. The van der Waals surface area contributed by atoms with E-state index in [1.165, 1.54) is 11.1 Å². The van der Waals surface area contributed by atoms with Gasteiger partial charge >= 0.3 is 0 Å². The van der Waals surface area contributed by atoms with Crippen molar-refractivity contribution in [2.75, 3.05) is 18.5 Å². The van der Waals surface area contributed by atoms with Gasteiger partial charge in [-0.3, -0.25) is 0 Å². The fraction of sp³-hybridized carbons (Fsp3) is 0.483. The molecule has 1 aromatic carbocycles. The number of nitrogens with one attached hydrogen (secondary N) is 1. The number of anilines is 1. The number of carbonyl (C=O) groups is 1. The highest BCUT2D eigenvalue weighted by Crippen LogP contribution is 2.33. The van der Waals surface area contributed by atoms with Gasteiger partial charge in [-0.2, -0.15) is 5.10 Å². The number of nitrogens with zero attached hydrogens (tertiary/aromatic N) is 3. The van der Waals surface area contributed by atoms with Crippen LogP contribution in [0.1, 0.15) is 74.5 Å². The number of rotatable bonds is 9. The predicted molar refractivity (Wildman–Crippen MR) is 148 cm³/mol. The number of fused-ring (bicyclic) bond motifs is 1. The third kappa shape index (κ3) is 6.75. The van der Waals surface area contributed by atoms with Crippen molar-refractivity contribution in [1.29, 1.82) is 0 Å². The lowest BCUT2D eigenvalue weighted by Gasteiger charge is -2.23. The minimum Gasteiger partial charge on any atom is -0.477 e. The summed E-state index contributed by atoms with van der Waals surface area (Å²) in [5.74, 6) is 1.97. The van der Waals surface area contributed by atoms with Gasteiger partial charge in [-0.25, -0.2) is 9.67 Å². The fourth-order valence-corrected chi connectivity index (χ4v) is 5.21. The molecule has 3 aromatic rings. The zero-order valence-corrected chi connectivity index (χ0v) is 23.6. The smallest absolute Gasteiger partial charge is 0.211 e. The number of ketones is 1. The van der Waals surface area contributed by atoms with Gasteiger partial charge in [0.1, 0.15) is 11.6 Å². The summed E-state index contributed by atoms with van der Waals surface area (Å²) < 4.78 is 8.90. The molecule has 192 valence electrons. The third-order valence-electron chi connectivity index (χ3n) is 6.69. The molecule has 0 radical (unpaired) electrons. The predicted octanol–water partition coefficient (Wildman–Crippen LogP) is 6.16. The molecule has 1 N–H and O–H groups in total. The van der Waals surface area contributed by atoms with E-state index in [0.29, 0.717) is 19.4 Å². The van der Waals surface area contributed by atoms with Crippen LogP contribution in [-0.4, -0.2) is 33.7 Å².